The number of ether oxygens (including phenoxy) is 1. The molecule has 0 saturated carbocycles. The molecule has 0 fully saturated rings. The molecule has 0 aliphatic rings. The van der Waals surface area contributed by atoms with Crippen molar-refractivity contribution in [2.45, 2.75) is 20.3 Å². The quantitative estimate of drug-likeness (QED) is 0.591. The van der Waals surface area contributed by atoms with Crippen LogP contribution in [0.4, 0.5) is 0 Å². The maximum absolute atomic E-state index is 11.7. The Morgan fingerprint density at radius 3 is 2.69 bits per heavy atom. The molecule has 86 valence electrons. The molecule has 0 aliphatic carbocycles. The molecule has 0 amide bonds. The summed E-state index contributed by atoms with van der Waals surface area (Å²) in [5.41, 5.74) is 1.23. The Morgan fingerprint density at radius 2 is 2.12 bits per heavy atom. The van der Waals surface area contributed by atoms with Crippen LogP contribution in [0.15, 0.2) is 30.3 Å². The SMILES string of the molecule is CC=C(C(=O)OCCC)c1ccccc1Cl. The number of hydrogen-bond acceptors (Lipinski definition) is 2. The minimum atomic E-state index is -0.322. The summed E-state index contributed by atoms with van der Waals surface area (Å²) in [5.74, 6) is -0.322. The van der Waals surface area contributed by atoms with Gasteiger partial charge >= 0.3 is 5.97 Å². The number of benzene rings is 1. The van der Waals surface area contributed by atoms with Crippen LogP contribution in [-0.2, 0) is 9.53 Å². The third-order valence-electron chi connectivity index (χ3n) is 2.11. The van der Waals surface area contributed by atoms with E-state index in [0.717, 1.165) is 6.42 Å². The Morgan fingerprint density at radius 1 is 1.44 bits per heavy atom. The molecular weight excluding hydrogens is 224 g/mol. The van der Waals surface area contributed by atoms with E-state index in [2.05, 4.69) is 0 Å². The molecule has 0 spiro atoms. The molecule has 2 nitrogen and oxygen atoms in total. The summed E-state index contributed by atoms with van der Waals surface area (Å²) >= 11 is 6.03. The van der Waals surface area contributed by atoms with E-state index >= 15 is 0 Å². The van der Waals surface area contributed by atoms with Gasteiger partial charge in [0, 0.05) is 10.6 Å². The summed E-state index contributed by atoms with van der Waals surface area (Å²) < 4.78 is 5.09. The molecule has 0 heterocycles. The van der Waals surface area contributed by atoms with Crippen LogP contribution in [-0.4, -0.2) is 12.6 Å². The highest BCUT2D eigenvalue weighted by atomic mass is 35.5. The second kappa shape index (κ2) is 6.33. The van der Waals surface area contributed by atoms with Crippen LogP contribution in [0, 0.1) is 0 Å². The predicted octanol–water partition coefficient (Wildman–Crippen LogP) is 3.70. The van der Waals surface area contributed by atoms with E-state index in [0.29, 0.717) is 22.8 Å². The molecule has 0 atom stereocenters. The van der Waals surface area contributed by atoms with Gasteiger partial charge < -0.3 is 4.74 Å². The predicted molar refractivity (Wildman–Crippen MR) is 66.4 cm³/mol. The van der Waals surface area contributed by atoms with Crippen molar-refractivity contribution in [2.24, 2.45) is 0 Å². The third-order valence-corrected chi connectivity index (χ3v) is 2.44. The first-order valence-electron chi connectivity index (χ1n) is 5.29. The molecule has 16 heavy (non-hydrogen) atoms. The summed E-state index contributed by atoms with van der Waals surface area (Å²) in [6.45, 7) is 4.19. The molecule has 1 rings (SSSR count). The summed E-state index contributed by atoms with van der Waals surface area (Å²) in [6, 6.07) is 7.24. The van der Waals surface area contributed by atoms with E-state index in [1.807, 2.05) is 25.1 Å². The van der Waals surface area contributed by atoms with E-state index in [4.69, 9.17) is 16.3 Å². The van der Waals surface area contributed by atoms with Crippen LogP contribution < -0.4 is 0 Å². The zero-order chi connectivity index (χ0) is 12.0. The number of carbonyl (C=O) groups is 1. The summed E-state index contributed by atoms with van der Waals surface area (Å²) in [6.07, 6.45) is 2.53. The van der Waals surface area contributed by atoms with Gasteiger partial charge in [-0.3, -0.25) is 0 Å². The largest absolute Gasteiger partial charge is 0.462 e. The van der Waals surface area contributed by atoms with Gasteiger partial charge in [-0.2, -0.15) is 0 Å². The van der Waals surface area contributed by atoms with Crippen molar-refractivity contribution < 1.29 is 9.53 Å². The van der Waals surface area contributed by atoms with Crippen LogP contribution in [0.25, 0.3) is 5.57 Å². The zero-order valence-electron chi connectivity index (χ0n) is 9.50. The Balaban J connectivity index is 2.92. The summed E-state index contributed by atoms with van der Waals surface area (Å²) in [5, 5.41) is 0.559. The fraction of sp³-hybridized carbons (Fsp3) is 0.308. The van der Waals surface area contributed by atoms with E-state index < -0.39 is 0 Å². The lowest BCUT2D eigenvalue weighted by atomic mass is 10.1. The van der Waals surface area contributed by atoms with Crippen molar-refractivity contribution >= 4 is 23.1 Å². The molecule has 1 aromatic rings. The van der Waals surface area contributed by atoms with Gasteiger partial charge in [0.15, 0.2) is 0 Å². The lowest BCUT2D eigenvalue weighted by molar-refractivity contribution is -0.136. The molecular formula is C13H15ClO2. The van der Waals surface area contributed by atoms with Crippen LogP contribution in [0.3, 0.4) is 0 Å². The van der Waals surface area contributed by atoms with E-state index in [9.17, 15) is 4.79 Å². The molecule has 0 N–H and O–H groups in total. The average molecular weight is 239 g/mol. The summed E-state index contributed by atoms with van der Waals surface area (Å²) in [7, 11) is 0. The van der Waals surface area contributed by atoms with E-state index in [1.165, 1.54) is 0 Å². The van der Waals surface area contributed by atoms with Crippen molar-refractivity contribution in [1.82, 2.24) is 0 Å². The Bertz CT molecular complexity index is 397. The van der Waals surface area contributed by atoms with Gasteiger partial charge in [0.1, 0.15) is 0 Å². The van der Waals surface area contributed by atoms with E-state index in [-0.39, 0.29) is 5.97 Å². The van der Waals surface area contributed by atoms with E-state index in [1.54, 1.807) is 19.1 Å². The number of carbonyl (C=O) groups excluding carboxylic acids is 1. The smallest absolute Gasteiger partial charge is 0.338 e. The Kier molecular flexibility index (Phi) is 5.06. The molecule has 0 bridgehead atoms. The van der Waals surface area contributed by atoms with Gasteiger partial charge in [0.05, 0.1) is 12.2 Å². The molecule has 1 aromatic carbocycles. The zero-order valence-corrected chi connectivity index (χ0v) is 10.3. The molecule has 3 heteroatoms. The fourth-order valence-electron chi connectivity index (χ4n) is 1.34. The van der Waals surface area contributed by atoms with Crippen LogP contribution >= 0.6 is 11.6 Å². The van der Waals surface area contributed by atoms with Crippen LogP contribution in [0.1, 0.15) is 25.8 Å². The van der Waals surface area contributed by atoms with Crippen molar-refractivity contribution in [3.63, 3.8) is 0 Å². The van der Waals surface area contributed by atoms with Crippen molar-refractivity contribution in [3.05, 3.63) is 40.9 Å². The van der Waals surface area contributed by atoms with Crippen LogP contribution in [0.5, 0.6) is 0 Å². The summed E-state index contributed by atoms with van der Waals surface area (Å²) in [4.78, 5) is 11.7. The highest BCUT2D eigenvalue weighted by Gasteiger charge is 2.14. The first-order chi connectivity index (χ1) is 7.70. The lowest BCUT2D eigenvalue weighted by Gasteiger charge is -2.08. The molecule has 0 aromatic heterocycles. The monoisotopic (exact) mass is 238 g/mol. The van der Waals surface area contributed by atoms with Crippen molar-refractivity contribution in [2.75, 3.05) is 6.61 Å². The Hall–Kier alpha value is -1.28. The number of halogens is 1. The number of allylic oxidation sites excluding steroid dienone is 1. The maximum Gasteiger partial charge on any atom is 0.338 e. The van der Waals surface area contributed by atoms with Gasteiger partial charge in [-0.15, -0.1) is 0 Å². The second-order valence-electron chi connectivity index (χ2n) is 3.32. The van der Waals surface area contributed by atoms with Gasteiger partial charge in [-0.25, -0.2) is 4.79 Å². The second-order valence-corrected chi connectivity index (χ2v) is 3.73. The van der Waals surface area contributed by atoms with Gasteiger partial charge in [-0.1, -0.05) is 42.8 Å². The average Bonchev–Trinajstić information content (AvgIpc) is 2.30. The first kappa shape index (κ1) is 12.8. The number of rotatable bonds is 4. The topological polar surface area (TPSA) is 26.3 Å². The standard InChI is InChI=1S/C13H15ClO2/c1-3-9-16-13(15)10(4-2)11-7-5-6-8-12(11)14/h4-8H,3,9H2,1-2H3. The Labute approximate surface area is 101 Å². The van der Waals surface area contributed by atoms with Crippen LogP contribution in [0.2, 0.25) is 5.02 Å². The van der Waals surface area contributed by atoms with Gasteiger partial charge in [0.25, 0.3) is 0 Å². The van der Waals surface area contributed by atoms with Crippen molar-refractivity contribution in [3.8, 4) is 0 Å². The molecule has 0 unspecified atom stereocenters. The minimum Gasteiger partial charge on any atom is -0.462 e. The third kappa shape index (κ3) is 3.11. The molecule has 0 saturated heterocycles. The molecule has 0 radical (unpaired) electrons. The number of esters is 1. The minimum absolute atomic E-state index is 0.322. The fourth-order valence-corrected chi connectivity index (χ4v) is 1.57. The number of hydrogen-bond donors (Lipinski definition) is 0. The van der Waals surface area contributed by atoms with Crippen molar-refractivity contribution in [1.29, 1.82) is 0 Å². The van der Waals surface area contributed by atoms with Gasteiger partial charge in [-0.05, 0) is 19.4 Å². The molecule has 0 aliphatic heterocycles. The van der Waals surface area contributed by atoms with Gasteiger partial charge in [0.2, 0.25) is 0 Å². The first-order valence-corrected chi connectivity index (χ1v) is 5.66. The highest BCUT2D eigenvalue weighted by Crippen LogP contribution is 2.24. The highest BCUT2D eigenvalue weighted by molar-refractivity contribution is 6.34. The maximum atomic E-state index is 11.7. The lowest BCUT2D eigenvalue weighted by Crippen LogP contribution is -2.08. The normalized spacial score (nSPS) is 11.3.